The molecule has 0 atom stereocenters. The molecule has 0 saturated heterocycles. The third-order valence-electron chi connectivity index (χ3n) is 4.18. The standard InChI is InChI=1S/C20H23N3O3/c1-25-14-11-18(15(7-5-6-10-24)19(12-14)26-2)23-20-13-21-16-8-3-4-9-17(16)22-20/h3-4,8-9,11-13,24H,5-7,10H2,1-2H3,(H,22,23). The highest BCUT2D eigenvalue weighted by Crippen LogP contribution is 2.35. The van der Waals surface area contributed by atoms with Crippen molar-refractivity contribution in [3.05, 3.63) is 48.2 Å². The topological polar surface area (TPSA) is 76.5 Å². The number of hydrogen-bond donors (Lipinski definition) is 2. The molecule has 2 aromatic carbocycles. The molecule has 26 heavy (non-hydrogen) atoms. The number of fused-ring (bicyclic) bond motifs is 1. The summed E-state index contributed by atoms with van der Waals surface area (Å²) in [7, 11) is 3.27. The molecule has 0 amide bonds. The van der Waals surface area contributed by atoms with Gasteiger partial charge in [0, 0.05) is 24.3 Å². The van der Waals surface area contributed by atoms with E-state index in [1.165, 1.54) is 0 Å². The van der Waals surface area contributed by atoms with Gasteiger partial charge >= 0.3 is 0 Å². The molecule has 0 spiro atoms. The maximum Gasteiger partial charge on any atom is 0.149 e. The van der Waals surface area contributed by atoms with E-state index in [-0.39, 0.29) is 6.61 Å². The molecule has 0 fully saturated rings. The molecule has 3 rings (SSSR count). The zero-order valence-electron chi connectivity index (χ0n) is 15.0. The predicted octanol–water partition coefficient (Wildman–Crippen LogP) is 3.71. The van der Waals surface area contributed by atoms with E-state index in [4.69, 9.17) is 14.6 Å². The lowest BCUT2D eigenvalue weighted by Crippen LogP contribution is -2.03. The minimum atomic E-state index is 0.178. The van der Waals surface area contributed by atoms with Crippen molar-refractivity contribution in [1.82, 2.24) is 9.97 Å². The lowest BCUT2D eigenvalue weighted by atomic mass is 10.0. The van der Waals surface area contributed by atoms with Crippen molar-refractivity contribution in [2.75, 3.05) is 26.1 Å². The van der Waals surface area contributed by atoms with Gasteiger partial charge in [-0.2, -0.15) is 0 Å². The van der Waals surface area contributed by atoms with E-state index in [0.717, 1.165) is 47.3 Å². The predicted molar refractivity (Wildman–Crippen MR) is 102 cm³/mol. The lowest BCUT2D eigenvalue weighted by Gasteiger charge is -2.17. The Morgan fingerprint density at radius 2 is 1.85 bits per heavy atom. The first-order valence-corrected chi connectivity index (χ1v) is 8.59. The van der Waals surface area contributed by atoms with Crippen LogP contribution >= 0.6 is 0 Å². The zero-order chi connectivity index (χ0) is 18.4. The molecule has 0 radical (unpaired) electrons. The number of rotatable bonds is 8. The summed E-state index contributed by atoms with van der Waals surface area (Å²) in [6.07, 6.45) is 4.09. The van der Waals surface area contributed by atoms with E-state index in [0.29, 0.717) is 11.6 Å². The number of nitrogens with one attached hydrogen (secondary N) is 1. The summed E-state index contributed by atoms with van der Waals surface area (Å²) in [5.41, 5.74) is 3.57. The van der Waals surface area contributed by atoms with E-state index < -0.39 is 0 Å². The number of anilines is 2. The molecule has 6 nitrogen and oxygen atoms in total. The second-order valence-electron chi connectivity index (χ2n) is 5.91. The van der Waals surface area contributed by atoms with Crippen molar-refractivity contribution in [3.8, 4) is 11.5 Å². The molecule has 0 aliphatic heterocycles. The molecule has 0 unspecified atom stereocenters. The van der Waals surface area contributed by atoms with E-state index in [9.17, 15) is 0 Å². The van der Waals surface area contributed by atoms with Gasteiger partial charge in [-0.1, -0.05) is 12.1 Å². The number of aliphatic hydroxyl groups excluding tert-OH is 1. The number of para-hydroxylation sites is 2. The minimum Gasteiger partial charge on any atom is -0.497 e. The Morgan fingerprint density at radius 3 is 2.58 bits per heavy atom. The van der Waals surface area contributed by atoms with Crippen LogP contribution in [0.4, 0.5) is 11.5 Å². The molecule has 0 saturated carbocycles. The first kappa shape index (κ1) is 17.9. The first-order valence-electron chi connectivity index (χ1n) is 8.59. The molecular weight excluding hydrogens is 330 g/mol. The highest BCUT2D eigenvalue weighted by molar-refractivity contribution is 5.76. The van der Waals surface area contributed by atoms with Crippen molar-refractivity contribution < 1.29 is 14.6 Å². The van der Waals surface area contributed by atoms with E-state index in [1.807, 2.05) is 36.4 Å². The number of hydrogen-bond acceptors (Lipinski definition) is 6. The second-order valence-corrected chi connectivity index (χ2v) is 5.91. The number of unbranched alkanes of at least 4 members (excludes halogenated alkanes) is 1. The molecule has 0 aliphatic carbocycles. The lowest BCUT2D eigenvalue weighted by molar-refractivity contribution is 0.284. The fourth-order valence-corrected chi connectivity index (χ4v) is 2.86. The summed E-state index contributed by atoms with van der Waals surface area (Å²) in [5, 5.41) is 12.4. The van der Waals surface area contributed by atoms with Crippen molar-refractivity contribution >= 4 is 22.5 Å². The van der Waals surface area contributed by atoms with E-state index in [2.05, 4.69) is 15.3 Å². The minimum absolute atomic E-state index is 0.178. The quantitative estimate of drug-likeness (QED) is 0.601. The van der Waals surface area contributed by atoms with Crippen LogP contribution in [0, 0.1) is 0 Å². The number of ether oxygens (including phenoxy) is 2. The zero-order valence-corrected chi connectivity index (χ0v) is 15.0. The number of nitrogens with zero attached hydrogens (tertiary/aromatic N) is 2. The Hall–Kier alpha value is -2.86. The van der Waals surface area contributed by atoms with Crippen LogP contribution in [0.1, 0.15) is 18.4 Å². The van der Waals surface area contributed by atoms with E-state index >= 15 is 0 Å². The smallest absolute Gasteiger partial charge is 0.149 e. The third kappa shape index (κ3) is 4.03. The number of aliphatic hydroxyl groups is 1. The van der Waals surface area contributed by atoms with Crippen molar-refractivity contribution in [3.63, 3.8) is 0 Å². The third-order valence-corrected chi connectivity index (χ3v) is 4.18. The monoisotopic (exact) mass is 353 g/mol. The maximum absolute atomic E-state index is 9.07. The van der Waals surface area contributed by atoms with E-state index in [1.54, 1.807) is 20.4 Å². The maximum atomic E-state index is 9.07. The summed E-state index contributed by atoms with van der Waals surface area (Å²) in [6.45, 7) is 0.178. The van der Waals surface area contributed by atoms with Crippen molar-refractivity contribution in [1.29, 1.82) is 0 Å². The Morgan fingerprint density at radius 1 is 1.04 bits per heavy atom. The number of aromatic nitrogens is 2. The molecule has 0 aliphatic rings. The van der Waals surface area contributed by atoms with Crippen LogP contribution in [-0.2, 0) is 6.42 Å². The van der Waals surface area contributed by atoms with Gasteiger partial charge in [0.25, 0.3) is 0 Å². The normalized spacial score (nSPS) is 10.7. The SMILES string of the molecule is COc1cc(Nc2cnc3ccccc3n2)c(CCCCO)c(OC)c1. The molecule has 136 valence electrons. The molecule has 0 bridgehead atoms. The molecular formula is C20H23N3O3. The van der Waals surface area contributed by atoms with Gasteiger partial charge in [-0.05, 0) is 31.4 Å². The van der Waals surface area contributed by atoms with Crippen LogP contribution in [0.25, 0.3) is 11.0 Å². The Bertz CT molecular complexity index is 883. The largest absolute Gasteiger partial charge is 0.497 e. The Kier molecular flexibility index (Phi) is 5.86. The van der Waals surface area contributed by atoms with Gasteiger partial charge in [0.2, 0.25) is 0 Å². The van der Waals surface area contributed by atoms with Crippen LogP contribution < -0.4 is 14.8 Å². The highest BCUT2D eigenvalue weighted by Gasteiger charge is 2.13. The summed E-state index contributed by atoms with van der Waals surface area (Å²) in [5.74, 6) is 2.10. The molecule has 6 heteroatoms. The van der Waals surface area contributed by atoms with Gasteiger partial charge in [0.05, 0.1) is 37.1 Å². The van der Waals surface area contributed by atoms with Gasteiger partial charge < -0.3 is 19.9 Å². The molecule has 3 aromatic rings. The van der Waals surface area contributed by atoms with Crippen LogP contribution in [0.3, 0.4) is 0 Å². The van der Waals surface area contributed by atoms with Crippen molar-refractivity contribution in [2.24, 2.45) is 0 Å². The first-order chi connectivity index (χ1) is 12.7. The fraction of sp³-hybridized carbons (Fsp3) is 0.300. The average Bonchev–Trinajstić information content (AvgIpc) is 2.68. The number of benzene rings is 2. The fourth-order valence-electron chi connectivity index (χ4n) is 2.86. The van der Waals surface area contributed by atoms with Crippen molar-refractivity contribution in [2.45, 2.75) is 19.3 Å². The van der Waals surface area contributed by atoms with Gasteiger partial charge in [-0.25, -0.2) is 4.98 Å². The van der Waals surface area contributed by atoms with Crippen LogP contribution in [0.15, 0.2) is 42.6 Å². The molecule has 1 aromatic heterocycles. The average molecular weight is 353 g/mol. The molecule has 1 heterocycles. The van der Waals surface area contributed by atoms with Crippen LogP contribution in [0.5, 0.6) is 11.5 Å². The Labute approximate surface area is 152 Å². The summed E-state index contributed by atoms with van der Waals surface area (Å²) in [6, 6.07) is 11.5. The number of methoxy groups -OCH3 is 2. The van der Waals surface area contributed by atoms with Gasteiger partial charge in [0.15, 0.2) is 0 Å². The van der Waals surface area contributed by atoms with Crippen LogP contribution in [-0.4, -0.2) is 35.9 Å². The van der Waals surface area contributed by atoms with Gasteiger partial charge in [-0.15, -0.1) is 0 Å². The Balaban J connectivity index is 1.97. The second kappa shape index (κ2) is 8.49. The van der Waals surface area contributed by atoms with Crippen LogP contribution in [0.2, 0.25) is 0 Å². The molecule has 2 N–H and O–H groups in total. The summed E-state index contributed by atoms with van der Waals surface area (Å²) < 4.78 is 10.9. The highest BCUT2D eigenvalue weighted by atomic mass is 16.5. The summed E-state index contributed by atoms with van der Waals surface area (Å²) in [4.78, 5) is 9.07. The van der Waals surface area contributed by atoms with Gasteiger partial charge in [0.1, 0.15) is 17.3 Å². The van der Waals surface area contributed by atoms with Gasteiger partial charge in [-0.3, -0.25) is 4.98 Å². The summed E-state index contributed by atoms with van der Waals surface area (Å²) >= 11 is 0.